The summed E-state index contributed by atoms with van der Waals surface area (Å²) in [5.74, 6) is 1.70. The largest absolute Gasteiger partial charge is 0.381 e. The highest BCUT2D eigenvalue weighted by molar-refractivity contribution is 6.36. The van der Waals surface area contributed by atoms with Gasteiger partial charge in [-0.25, -0.2) is 0 Å². The van der Waals surface area contributed by atoms with Crippen molar-refractivity contribution in [2.45, 2.75) is 45.6 Å². The fourth-order valence-corrected chi connectivity index (χ4v) is 3.22. The van der Waals surface area contributed by atoms with E-state index in [1.165, 1.54) is 25.7 Å². The zero-order chi connectivity index (χ0) is 13.1. The standard InChI is InChI=1S/C15H21Cl2N/c1-10(2)11-3-6-13(7-4-11)18-15-8-5-12(16)9-14(15)17/h5,8-11,13,18H,3-4,6-7H2,1-2H3. The van der Waals surface area contributed by atoms with E-state index in [0.717, 1.165) is 17.5 Å². The van der Waals surface area contributed by atoms with E-state index in [2.05, 4.69) is 19.2 Å². The smallest absolute Gasteiger partial charge is 0.0652 e. The van der Waals surface area contributed by atoms with Crippen LogP contribution in [0.3, 0.4) is 0 Å². The van der Waals surface area contributed by atoms with E-state index >= 15 is 0 Å². The first-order valence-electron chi connectivity index (χ1n) is 6.78. The van der Waals surface area contributed by atoms with Crippen molar-refractivity contribution < 1.29 is 0 Å². The van der Waals surface area contributed by atoms with Crippen LogP contribution in [0.15, 0.2) is 18.2 Å². The number of hydrogen-bond acceptors (Lipinski definition) is 1. The maximum absolute atomic E-state index is 6.18. The molecule has 0 spiro atoms. The first-order valence-corrected chi connectivity index (χ1v) is 7.53. The van der Waals surface area contributed by atoms with Crippen LogP contribution in [0.2, 0.25) is 10.0 Å². The minimum Gasteiger partial charge on any atom is -0.381 e. The van der Waals surface area contributed by atoms with E-state index in [0.29, 0.717) is 16.1 Å². The number of benzene rings is 1. The quantitative estimate of drug-likeness (QED) is 0.760. The van der Waals surface area contributed by atoms with Crippen LogP contribution in [0.5, 0.6) is 0 Å². The molecule has 18 heavy (non-hydrogen) atoms. The topological polar surface area (TPSA) is 12.0 Å². The van der Waals surface area contributed by atoms with Gasteiger partial charge in [0.25, 0.3) is 0 Å². The van der Waals surface area contributed by atoms with Crippen LogP contribution in [-0.4, -0.2) is 6.04 Å². The molecule has 0 radical (unpaired) electrons. The lowest BCUT2D eigenvalue weighted by molar-refractivity contribution is 0.267. The Morgan fingerprint density at radius 2 is 1.78 bits per heavy atom. The number of rotatable bonds is 3. The highest BCUT2D eigenvalue weighted by atomic mass is 35.5. The molecule has 2 rings (SSSR count). The molecule has 0 saturated heterocycles. The van der Waals surface area contributed by atoms with Crippen LogP contribution < -0.4 is 5.32 Å². The first-order chi connectivity index (χ1) is 8.56. The van der Waals surface area contributed by atoms with Crippen molar-refractivity contribution in [3.63, 3.8) is 0 Å². The van der Waals surface area contributed by atoms with Gasteiger partial charge in [0.1, 0.15) is 0 Å². The molecule has 0 aliphatic heterocycles. The van der Waals surface area contributed by atoms with Crippen LogP contribution in [0.1, 0.15) is 39.5 Å². The molecular formula is C15H21Cl2N. The van der Waals surface area contributed by atoms with Gasteiger partial charge in [0.05, 0.1) is 10.7 Å². The highest BCUT2D eigenvalue weighted by Gasteiger charge is 2.23. The van der Waals surface area contributed by atoms with Crippen LogP contribution in [0.25, 0.3) is 0 Å². The van der Waals surface area contributed by atoms with Gasteiger partial charge in [-0.05, 0) is 55.7 Å². The third-order valence-corrected chi connectivity index (χ3v) is 4.55. The summed E-state index contributed by atoms with van der Waals surface area (Å²) in [5.41, 5.74) is 1.01. The third-order valence-electron chi connectivity index (χ3n) is 4.01. The minimum absolute atomic E-state index is 0.554. The Kier molecular flexibility index (Phi) is 4.80. The molecule has 1 aromatic carbocycles. The van der Waals surface area contributed by atoms with E-state index in [1.54, 1.807) is 6.07 Å². The molecule has 1 N–H and O–H groups in total. The lowest BCUT2D eigenvalue weighted by Gasteiger charge is -2.32. The SMILES string of the molecule is CC(C)C1CCC(Nc2ccc(Cl)cc2Cl)CC1. The fourth-order valence-electron chi connectivity index (χ4n) is 2.76. The van der Waals surface area contributed by atoms with E-state index in [1.807, 2.05) is 12.1 Å². The van der Waals surface area contributed by atoms with Crippen molar-refractivity contribution in [3.05, 3.63) is 28.2 Å². The van der Waals surface area contributed by atoms with Crippen molar-refractivity contribution >= 4 is 28.9 Å². The van der Waals surface area contributed by atoms with Crippen LogP contribution in [-0.2, 0) is 0 Å². The van der Waals surface area contributed by atoms with Crippen molar-refractivity contribution in [2.24, 2.45) is 11.8 Å². The van der Waals surface area contributed by atoms with Gasteiger partial charge in [0.2, 0.25) is 0 Å². The zero-order valence-electron chi connectivity index (χ0n) is 11.0. The van der Waals surface area contributed by atoms with Gasteiger partial charge in [-0.3, -0.25) is 0 Å². The molecule has 0 aromatic heterocycles. The fraction of sp³-hybridized carbons (Fsp3) is 0.600. The van der Waals surface area contributed by atoms with Crippen molar-refractivity contribution in [1.29, 1.82) is 0 Å². The van der Waals surface area contributed by atoms with E-state index in [-0.39, 0.29) is 0 Å². The molecular weight excluding hydrogens is 265 g/mol. The molecule has 0 atom stereocenters. The summed E-state index contributed by atoms with van der Waals surface area (Å²) in [6, 6.07) is 6.21. The Labute approximate surface area is 120 Å². The molecule has 1 aliphatic rings. The highest BCUT2D eigenvalue weighted by Crippen LogP contribution is 2.33. The molecule has 0 heterocycles. The summed E-state index contributed by atoms with van der Waals surface area (Å²) in [4.78, 5) is 0. The Balaban J connectivity index is 1.91. The Morgan fingerprint density at radius 1 is 1.11 bits per heavy atom. The second kappa shape index (κ2) is 6.16. The third kappa shape index (κ3) is 3.55. The Hall–Kier alpha value is -0.400. The number of halogens is 2. The summed E-state index contributed by atoms with van der Waals surface area (Å²) in [6.07, 6.45) is 5.12. The maximum atomic E-state index is 6.18. The number of nitrogens with one attached hydrogen (secondary N) is 1. The lowest BCUT2D eigenvalue weighted by Crippen LogP contribution is -2.28. The molecule has 0 unspecified atom stereocenters. The average molecular weight is 286 g/mol. The molecule has 1 aromatic rings. The van der Waals surface area contributed by atoms with Gasteiger partial charge in [0, 0.05) is 11.1 Å². The van der Waals surface area contributed by atoms with Crippen molar-refractivity contribution in [2.75, 3.05) is 5.32 Å². The molecule has 100 valence electrons. The van der Waals surface area contributed by atoms with Crippen LogP contribution in [0.4, 0.5) is 5.69 Å². The van der Waals surface area contributed by atoms with Crippen LogP contribution >= 0.6 is 23.2 Å². The zero-order valence-corrected chi connectivity index (χ0v) is 12.6. The van der Waals surface area contributed by atoms with E-state index < -0.39 is 0 Å². The van der Waals surface area contributed by atoms with E-state index in [9.17, 15) is 0 Å². The number of anilines is 1. The van der Waals surface area contributed by atoms with Gasteiger partial charge in [-0.15, -0.1) is 0 Å². The lowest BCUT2D eigenvalue weighted by atomic mass is 9.79. The van der Waals surface area contributed by atoms with Crippen molar-refractivity contribution in [1.82, 2.24) is 0 Å². The van der Waals surface area contributed by atoms with Crippen LogP contribution in [0, 0.1) is 11.8 Å². The van der Waals surface area contributed by atoms with Gasteiger partial charge < -0.3 is 5.32 Å². The molecule has 1 nitrogen and oxygen atoms in total. The van der Waals surface area contributed by atoms with Gasteiger partial charge >= 0.3 is 0 Å². The van der Waals surface area contributed by atoms with E-state index in [4.69, 9.17) is 23.2 Å². The summed E-state index contributed by atoms with van der Waals surface area (Å²) >= 11 is 12.1. The summed E-state index contributed by atoms with van der Waals surface area (Å²) in [5, 5.41) is 4.95. The second-order valence-electron chi connectivity index (χ2n) is 5.62. The first kappa shape index (κ1) is 14.0. The molecule has 1 aliphatic carbocycles. The van der Waals surface area contributed by atoms with Gasteiger partial charge in [0.15, 0.2) is 0 Å². The predicted octanol–water partition coefficient (Wildman–Crippen LogP) is 5.62. The molecule has 0 amide bonds. The average Bonchev–Trinajstić information content (AvgIpc) is 2.33. The maximum Gasteiger partial charge on any atom is 0.0652 e. The Bertz CT molecular complexity index is 395. The Morgan fingerprint density at radius 3 is 2.33 bits per heavy atom. The second-order valence-corrected chi connectivity index (χ2v) is 6.47. The summed E-state index contributed by atoms with van der Waals surface area (Å²) in [7, 11) is 0. The van der Waals surface area contributed by atoms with Crippen molar-refractivity contribution in [3.8, 4) is 0 Å². The monoisotopic (exact) mass is 285 g/mol. The number of hydrogen-bond donors (Lipinski definition) is 1. The minimum atomic E-state index is 0.554. The summed E-state index contributed by atoms with van der Waals surface area (Å²) in [6.45, 7) is 4.66. The normalized spacial score (nSPS) is 24.3. The molecule has 0 bridgehead atoms. The molecule has 1 saturated carbocycles. The molecule has 3 heteroatoms. The summed E-state index contributed by atoms with van der Waals surface area (Å²) < 4.78 is 0. The predicted molar refractivity (Wildman–Crippen MR) is 80.7 cm³/mol. The van der Waals surface area contributed by atoms with Gasteiger partial charge in [-0.2, -0.15) is 0 Å². The molecule has 1 fully saturated rings. The van der Waals surface area contributed by atoms with Gasteiger partial charge in [-0.1, -0.05) is 37.0 Å².